The lowest BCUT2D eigenvalue weighted by molar-refractivity contribution is 1.12. The third-order valence-corrected chi connectivity index (χ3v) is 3.84. The fraction of sp³-hybridized carbons (Fsp3) is 0.111. The van der Waals surface area contributed by atoms with Crippen molar-refractivity contribution in [3.8, 4) is 0 Å². The van der Waals surface area contributed by atoms with E-state index in [-0.39, 0.29) is 0 Å². The van der Waals surface area contributed by atoms with Crippen LogP contribution in [0.5, 0.6) is 0 Å². The Morgan fingerprint density at radius 2 is 1.33 bits per heavy atom. The van der Waals surface area contributed by atoms with Crippen molar-refractivity contribution in [2.75, 3.05) is 0 Å². The Labute approximate surface area is 106 Å². The van der Waals surface area contributed by atoms with Crippen molar-refractivity contribution in [1.82, 2.24) is 0 Å². The molecule has 0 unspecified atom stereocenters. The van der Waals surface area contributed by atoms with E-state index in [4.69, 9.17) is 0 Å². The molecule has 3 aromatic rings. The summed E-state index contributed by atoms with van der Waals surface area (Å²) in [5, 5.41) is 8.19. The Kier molecular flexibility index (Phi) is 2.04. The van der Waals surface area contributed by atoms with E-state index in [1.165, 1.54) is 44.8 Å². The Balaban J connectivity index is 2.26. The van der Waals surface area contributed by atoms with Crippen LogP contribution in [0.3, 0.4) is 0 Å². The zero-order chi connectivity index (χ0) is 11.9. The number of benzene rings is 3. The summed E-state index contributed by atoms with van der Waals surface area (Å²) >= 11 is 0. The first-order valence-electron chi connectivity index (χ1n) is 6.54. The van der Waals surface area contributed by atoms with Gasteiger partial charge >= 0.3 is 0 Å². The highest BCUT2D eigenvalue weighted by molar-refractivity contribution is 6.07. The molecule has 0 nitrogen and oxygen atoms in total. The quantitative estimate of drug-likeness (QED) is 0.520. The lowest BCUT2D eigenvalue weighted by atomic mass is 9.98. The van der Waals surface area contributed by atoms with Gasteiger partial charge in [-0.2, -0.15) is 0 Å². The van der Waals surface area contributed by atoms with Crippen molar-refractivity contribution < 1.29 is 0 Å². The van der Waals surface area contributed by atoms with Crippen molar-refractivity contribution in [1.29, 1.82) is 0 Å². The molecule has 0 aliphatic heterocycles. The highest BCUT2D eigenvalue weighted by atomic mass is 14.1. The van der Waals surface area contributed by atoms with Gasteiger partial charge in [-0.3, -0.25) is 0 Å². The van der Waals surface area contributed by atoms with E-state index >= 15 is 0 Å². The molecule has 1 aliphatic carbocycles. The molecule has 0 N–H and O–H groups in total. The second-order valence-electron chi connectivity index (χ2n) is 4.97. The molecule has 3 aromatic carbocycles. The van der Waals surface area contributed by atoms with Crippen LogP contribution in [0.2, 0.25) is 0 Å². The average molecular weight is 230 g/mol. The highest BCUT2D eigenvalue weighted by Gasteiger charge is 2.01. The van der Waals surface area contributed by atoms with Gasteiger partial charge in [-0.05, 0) is 57.0 Å². The number of rotatable bonds is 0. The van der Waals surface area contributed by atoms with Crippen LogP contribution in [-0.4, -0.2) is 0 Å². The summed E-state index contributed by atoms with van der Waals surface area (Å²) in [6.45, 7) is 0. The summed E-state index contributed by atoms with van der Waals surface area (Å²) in [5.41, 5.74) is 0. The lowest BCUT2D eigenvalue weighted by Crippen LogP contribution is -2.26. The first-order valence-corrected chi connectivity index (χ1v) is 6.54. The molecular formula is C18H14. The molecule has 0 heteroatoms. The van der Waals surface area contributed by atoms with Crippen LogP contribution in [0.15, 0.2) is 48.5 Å². The van der Waals surface area contributed by atoms with Gasteiger partial charge in [-0.25, -0.2) is 0 Å². The van der Waals surface area contributed by atoms with Crippen molar-refractivity contribution in [3.05, 3.63) is 59.0 Å². The Morgan fingerprint density at radius 3 is 2.22 bits per heavy atom. The summed E-state index contributed by atoms with van der Waals surface area (Å²) in [7, 11) is 0. The first-order chi connectivity index (χ1) is 8.92. The molecule has 0 radical (unpaired) electrons. The number of hydrogen-bond donors (Lipinski definition) is 0. The highest BCUT2D eigenvalue weighted by Crippen LogP contribution is 2.23. The van der Waals surface area contributed by atoms with E-state index in [1.807, 2.05) is 0 Å². The minimum Gasteiger partial charge on any atom is -0.0763 e. The van der Waals surface area contributed by atoms with Gasteiger partial charge in [0.25, 0.3) is 0 Å². The molecular weight excluding hydrogens is 216 g/mol. The Bertz CT molecular complexity index is 870. The zero-order valence-electron chi connectivity index (χ0n) is 10.2. The third-order valence-electron chi connectivity index (χ3n) is 3.84. The van der Waals surface area contributed by atoms with E-state index in [2.05, 4.69) is 60.7 Å². The van der Waals surface area contributed by atoms with Gasteiger partial charge in [-0.1, -0.05) is 48.6 Å². The molecule has 86 valence electrons. The van der Waals surface area contributed by atoms with Crippen molar-refractivity contribution in [2.24, 2.45) is 0 Å². The predicted octanol–water partition coefficient (Wildman–Crippen LogP) is 3.35. The average Bonchev–Trinajstić information content (AvgIpc) is 2.45. The van der Waals surface area contributed by atoms with E-state index < -0.39 is 0 Å². The molecule has 0 atom stereocenters. The van der Waals surface area contributed by atoms with E-state index in [0.29, 0.717) is 0 Å². The summed E-state index contributed by atoms with van der Waals surface area (Å²) in [5.74, 6) is 0. The topological polar surface area (TPSA) is 0 Å². The second-order valence-corrected chi connectivity index (χ2v) is 4.97. The minimum atomic E-state index is 1.17. The molecule has 0 fully saturated rings. The number of fused-ring (bicyclic) bond motifs is 4. The van der Waals surface area contributed by atoms with E-state index in [1.54, 1.807) is 0 Å². The normalized spacial score (nSPS) is 14.0. The van der Waals surface area contributed by atoms with Crippen molar-refractivity contribution in [3.63, 3.8) is 0 Å². The molecule has 18 heavy (non-hydrogen) atoms. The zero-order valence-corrected chi connectivity index (χ0v) is 10.2. The standard InChI is InChI=1S/C18H14/c1-2-7-15-12-18-16(11-14(15)6-1)10-9-13-5-3-4-8-17(13)18/h3-12H,1-2H2. The largest absolute Gasteiger partial charge is 0.0763 e. The maximum atomic E-state index is 2.36. The van der Waals surface area contributed by atoms with Crippen molar-refractivity contribution >= 4 is 33.7 Å². The SMILES string of the molecule is C1=c2cc3ccc4ccccc4c3cc2=CCC1. The summed E-state index contributed by atoms with van der Waals surface area (Å²) in [6.07, 6.45) is 7.05. The molecule has 0 amide bonds. The van der Waals surface area contributed by atoms with Crippen LogP contribution in [0.25, 0.3) is 33.7 Å². The molecule has 1 aliphatic rings. The second kappa shape index (κ2) is 3.71. The lowest BCUT2D eigenvalue weighted by Gasteiger charge is -2.06. The molecule has 0 bridgehead atoms. The van der Waals surface area contributed by atoms with Crippen LogP contribution < -0.4 is 10.4 Å². The van der Waals surface area contributed by atoms with Gasteiger partial charge in [0.15, 0.2) is 0 Å². The Hall–Kier alpha value is -2.08. The van der Waals surface area contributed by atoms with Gasteiger partial charge in [0, 0.05) is 0 Å². The van der Waals surface area contributed by atoms with Crippen LogP contribution in [0.1, 0.15) is 12.8 Å². The van der Waals surface area contributed by atoms with Gasteiger partial charge in [0.2, 0.25) is 0 Å². The van der Waals surface area contributed by atoms with E-state index in [9.17, 15) is 0 Å². The molecule has 4 rings (SSSR count). The Morgan fingerprint density at radius 1 is 0.611 bits per heavy atom. The fourth-order valence-corrected chi connectivity index (χ4v) is 2.92. The van der Waals surface area contributed by atoms with Gasteiger partial charge < -0.3 is 0 Å². The first kappa shape index (κ1) is 9.90. The van der Waals surface area contributed by atoms with Gasteiger partial charge in [0.05, 0.1) is 0 Å². The molecule has 0 spiro atoms. The number of hydrogen-bond acceptors (Lipinski definition) is 0. The molecule has 0 saturated heterocycles. The van der Waals surface area contributed by atoms with Crippen molar-refractivity contribution in [2.45, 2.75) is 12.8 Å². The van der Waals surface area contributed by atoms with Crippen LogP contribution in [0.4, 0.5) is 0 Å². The fourth-order valence-electron chi connectivity index (χ4n) is 2.92. The maximum absolute atomic E-state index is 2.36. The molecule has 0 heterocycles. The van der Waals surface area contributed by atoms with Gasteiger partial charge in [0.1, 0.15) is 0 Å². The van der Waals surface area contributed by atoms with Gasteiger partial charge in [-0.15, -0.1) is 0 Å². The van der Waals surface area contributed by atoms with Crippen LogP contribution >= 0.6 is 0 Å². The monoisotopic (exact) mass is 230 g/mol. The summed E-state index contributed by atoms with van der Waals surface area (Å²) in [4.78, 5) is 0. The van der Waals surface area contributed by atoms with Crippen LogP contribution in [0, 0.1) is 0 Å². The summed E-state index contributed by atoms with van der Waals surface area (Å²) < 4.78 is 0. The van der Waals surface area contributed by atoms with E-state index in [0.717, 1.165) is 0 Å². The molecule has 0 saturated carbocycles. The molecule has 0 aromatic heterocycles. The maximum Gasteiger partial charge on any atom is -0.00991 e. The third kappa shape index (κ3) is 1.39. The summed E-state index contributed by atoms with van der Waals surface area (Å²) in [6, 6.07) is 17.8. The minimum absolute atomic E-state index is 1.17. The predicted molar refractivity (Wildman–Crippen MR) is 78.9 cm³/mol. The smallest absolute Gasteiger partial charge is 0.00991 e. The van der Waals surface area contributed by atoms with Crippen LogP contribution in [-0.2, 0) is 0 Å².